The molecule has 2 aromatic carbocycles. The second kappa shape index (κ2) is 5.77. The zero-order chi connectivity index (χ0) is 13.9. The van der Waals surface area contributed by atoms with Gasteiger partial charge in [0, 0.05) is 21.0 Å². The minimum atomic E-state index is 0.847. The van der Waals surface area contributed by atoms with Gasteiger partial charge in [-0.3, -0.25) is 0 Å². The average molecular weight is 346 g/mol. The maximum absolute atomic E-state index is 5.25. The monoisotopic (exact) mass is 345 g/mol. The predicted molar refractivity (Wildman–Crippen MR) is 87.2 cm³/mol. The van der Waals surface area contributed by atoms with E-state index in [0.717, 1.165) is 32.1 Å². The quantitative estimate of drug-likeness (QED) is 0.646. The molecule has 0 fully saturated rings. The molecule has 0 aliphatic rings. The number of aromatic nitrogens is 1. The fourth-order valence-electron chi connectivity index (χ4n) is 1.94. The minimum Gasteiger partial charge on any atom is -0.497 e. The van der Waals surface area contributed by atoms with Gasteiger partial charge in [-0.2, -0.15) is 0 Å². The summed E-state index contributed by atoms with van der Waals surface area (Å²) in [5.41, 5.74) is 3.17. The standard InChI is InChI=1S/C16H12BrNOS/c1-19-14-7-3-4-11(9-14)15-10-20-16(18-15)12-5-2-6-13(17)8-12/h2-10H,1H3. The summed E-state index contributed by atoms with van der Waals surface area (Å²) in [5.74, 6) is 0.847. The largest absolute Gasteiger partial charge is 0.497 e. The smallest absolute Gasteiger partial charge is 0.124 e. The third-order valence-electron chi connectivity index (χ3n) is 2.94. The molecule has 1 heterocycles. The number of nitrogens with zero attached hydrogens (tertiary/aromatic N) is 1. The highest BCUT2D eigenvalue weighted by Crippen LogP contribution is 2.31. The minimum absolute atomic E-state index is 0.847. The van der Waals surface area contributed by atoms with Crippen molar-refractivity contribution in [2.24, 2.45) is 0 Å². The Morgan fingerprint density at radius 1 is 1.05 bits per heavy atom. The van der Waals surface area contributed by atoms with Crippen LogP contribution in [-0.2, 0) is 0 Å². The Bertz CT molecular complexity index is 739. The first kappa shape index (κ1) is 13.3. The lowest BCUT2D eigenvalue weighted by Gasteiger charge is -2.01. The van der Waals surface area contributed by atoms with Crippen molar-refractivity contribution < 1.29 is 4.74 Å². The lowest BCUT2D eigenvalue weighted by molar-refractivity contribution is 0.415. The van der Waals surface area contributed by atoms with Gasteiger partial charge in [0.2, 0.25) is 0 Å². The van der Waals surface area contributed by atoms with Crippen LogP contribution in [0.2, 0.25) is 0 Å². The highest BCUT2D eigenvalue weighted by molar-refractivity contribution is 9.10. The van der Waals surface area contributed by atoms with Crippen LogP contribution in [0.4, 0.5) is 0 Å². The lowest BCUT2D eigenvalue weighted by atomic mass is 10.1. The molecule has 3 rings (SSSR count). The third kappa shape index (κ3) is 2.76. The van der Waals surface area contributed by atoms with E-state index >= 15 is 0 Å². The molecule has 4 heteroatoms. The summed E-state index contributed by atoms with van der Waals surface area (Å²) in [6.07, 6.45) is 0. The molecule has 0 aliphatic carbocycles. The Morgan fingerprint density at radius 3 is 2.65 bits per heavy atom. The van der Waals surface area contributed by atoms with Crippen LogP contribution in [0.25, 0.3) is 21.8 Å². The van der Waals surface area contributed by atoms with Crippen LogP contribution in [0, 0.1) is 0 Å². The first-order valence-electron chi connectivity index (χ1n) is 6.12. The Labute approximate surface area is 130 Å². The zero-order valence-corrected chi connectivity index (χ0v) is 13.2. The van der Waals surface area contributed by atoms with E-state index in [-0.39, 0.29) is 0 Å². The molecule has 0 atom stereocenters. The number of thiazole rings is 1. The topological polar surface area (TPSA) is 22.1 Å². The van der Waals surface area contributed by atoms with Crippen molar-refractivity contribution in [3.63, 3.8) is 0 Å². The molecule has 1 aromatic heterocycles. The van der Waals surface area contributed by atoms with Gasteiger partial charge in [-0.15, -0.1) is 11.3 Å². The first-order valence-corrected chi connectivity index (χ1v) is 7.79. The summed E-state index contributed by atoms with van der Waals surface area (Å²) in [5, 5.41) is 3.09. The number of benzene rings is 2. The average Bonchev–Trinajstić information content (AvgIpc) is 2.97. The van der Waals surface area contributed by atoms with E-state index in [0.29, 0.717) is 0 Å². The molecule has 0 spiro atoms. The molecule has 3 aromatic rings. The van der Waals surface area contributed by atoms with Gasteiger partial charge >= 0.3 is 0 Å². The molecule has 20 heavy (non-hydrogen) atoms. The lowest BCUT2D eigenvalue weighted by Crippen LogP contribution is -1.84. The van der Waals surface area contributed by atoms with E-state index in [1.165, 1.54) is 0 Å². The summed E-state index contributed by atoms with van der Waals surface area (Å²) < 4.78 is 6.32. The molecular weight excluding hydrogens is 334 g/mol. The maximum Gasteiger partial charge on any atom is 0.124 e. The van der Waals surface area contributed by atoms with Crippen LogP contribution in [0.5, 0.6) is 5.75 Å². The van der Waals surface area contributed by atoms with Gasteiger partial charge in [0.25, 0.3) is 0 Å². The van der Waals surface area contributed by atoms with Crippen molar-refractivity contribution in [3.05, 3.63) is 58.4 Å². The van der Waals surface area contributed by atoms with E-state index in [9.17, 15) is 0 Å². The third-order valence-corrected chi connectivity index (χ3v) is 4.33. The fourth-order valence-corrected chi connectivity index (χ4v) is 3.17. The Hall–Kier alpha value is -1.65. The molecule has 0 aliphatic heterocycles. The van der Waals surface area contributed by atoms with Crippen LogP contribution in [0.15, 0.2) is 58.4 Å². The summed E-state index contributed by atoms with van der Waals surface area (Å²) in [6.45, 7) is 0. The van der Waals surface area contributed by atoms with Gasteiger partial charge in [-0.1, -0.05) is 40.2 Å². The van der Waals surface area contributed by atoms with E-state index in [2.05, 4.69) is 33.4 Å². The van der Waals surface area contributed by atoms with Crippen molar-refractivity contribution >= 4 is 27.3 Å². The van der Waals surface area contributed by atoms with Gasteiger partial charge < -0.3 is 4.74 Å². The van der Waals surface area contributed by atoms with Gasteiger partial charge in [0.1, 0.15) is 10.8 Å². The zero-order valence-electron chi connectivity index (χ0n) is 10.8. The molecular formula is C16H12BrNOS. The second-order valence-electron chi connectivity index (χ2n) is 4.28. The molecule has 100 valence electrons. The Morgan fingerprint density at radius 2 is 1.85 bits per heavy atom. The van der Waals surface area contributed by atoms with E-state index in [1.807, 2.05) is 36.4 Å². The van der Waals surface area contributed by atoms with E-state index in [4.69, 9.17) is 9.72 Å². The highest BCUT2D eigenvalue weighted by Gasteiger charge is 2.07. The number of halogens is 1. The molecule has 0 bridgehead atoms. The molecule has 2 nitrogen and oxygen atoms in total. The molecule has 0 N–H and O–H groups in total. The SMILES string of the molecule is COc1cccc(-c2csc(-c3cccc(Br)c3)n2)c1. The van der Waals surface area contributed by atoms with Crippen molar-refractivity contribution in [1.29, 1.82) is 0 Å². The van der Waals surface area contributed by atoms with E-state index < -0.39 is 0 Å². The number of rotatable bonds is 3. The molecule has 0 radical (unpaired) electrons. The number of hydrogen-bond acceptors (Lipinski definition) is 3. The fraction of sp³-hybridized carbons (Fsp3) is 0.0625. The van der Waals surface area contributed by atoms with Crippen molar-refractivity contribution in [1.82, 2.24) is 4.98 Å². The van der Waals surface area contributed by atoms with Crippen LogP contribution in [-0.4, -0.2) is 12.1 Å². The van der Waals surface area contributed by atoms with Crippen LogP contribution in [0.3, 0.4) is 0 Å². The molecule has 0 amide bonds. The van der Waals surface area contributed by atoms with Gasteiger partial charge in [-0.05, 0) is 24.3 Å². The predicted octanol–water partition coefficient (Wildman–Crippen LogP) is 5.25. The van der Waals surface area contributed by atoms with Crippen LogP contribution >= 0.6 is 27.3 Å². The normalized spacial score (nSPS) is 10.5. The van der Waals surface area contributed by atoms with Crippen molar-refractivity contribution in [2.75, 3.05) is 7.11 Å². The molecule has 0 unspecified atom stereocenters. The number of methoxy groups -OCH3 is 1. The van der Waals surface area contributed by atoms with Gasteiger partial charge in [0.15, 0.2) is 0 Å². The summed E-state index contributed by atoms with van der Waals surface area (Å²) >= 11 is 5.14. The summed E-state index contributed by atoms with van der Waals surface area (Å²) in [4.78, 5) is 4.71. The second-order valence-corrected chi connectivity index (χ2v) is 6.05. The summed E-state index contributed by atoms with van der Waals surface area (Å²) in [6, 6.07) is 16.1. The Balaban J connectivity index is 1.97. The maximum atomic E-state index is 5.25. The van der Waals surface area contributed by atoms with Gasteiger partial charge in [-0.25, -0.2) is 4.98 Å². The van der Waals surface area contributed by atoms with Gasteiger partial charge in [0.05, 0.1) is 12.8 Å². The van der Waals surface area contributed by atoms with Crippen LogP contribution in [0.1, 0.15) is 0 Å². The Kier molecular flexibility index (Phi) is 3.85. The van der Waals surface area contributed by atoms with Crippen LogP contribution < -0.4 is 4.74 Å². The molecule has 0 saturated heterocycles. The number of hydrogen-bond donors (Lipinski definition) is 0. The number of ether oxygens (including phenoxy) is 1. The molecule has 0 saturated carbocycles. The summed E-state index contributed by atoms with van der Waals surface area (Å²) in [7, 11) is 1.67. The highest BCUT2D eigenvalue weighted by atomic mass is 79.9. The van der Waals surface area contributed by atoms with Crippen molar-refractivity contribution in [2.45, 2.75) is 0 Å². The van der Waals surface area contributed by atoms with E-state index in [1.54, 1.807) is 18.4 Å². The first-order chi connectivity index (χ1) is 9.76. The van der Waals surface area contributed by atoms with Crippen molar-refractivity contribution in [3.8, 4) is 27.6 Å².